The largest absolute Gasteiger partial charge is 0.438 e. The highest BCUT2D eigenvalue weighted by atomic mass is 16.5. The molecule has 1 N–H and O–H groups in total. The van der Waals surface area contributed by atoms with Crippen molar-refractivity contribution in [2.24, 2.45) is 0 Å². The van der Waals surface area contributed by atoms with Crippen LogP contribution in [0, 0.1) is 0 Å². The lowest BCUT2D eigenvalue weighted by molar-refractivity contribution is -0.115. The van der Waals surface area contributed by atoms with Gasteiger partial charge in [-0.2, -0.15) is 5.10 Å². The van der Waals surface area contributed by atoms with Gasteiger partial charge in [0.2, 0.25) is 11.8 Å². The Morgan fingerprint density at radius 3 is 2.50 bits per heavy atom. The number of anilines is 1. The third-order valence-corrected chi connectivity index (χ3v) is 4.96. The van der Waals surface area contributed by atoms with Crippen molar-refractivity contribution in [3.63, 3.8) is 0 Å². The molecule has 0 saturated carbocycles. The fraction of sp³-hybridized carbons (Fsp3) is 0.0400. The zero-order valence-corrected chi connectivity index (χ0v) is 17.1. The van der Waals surface area contributed by atoms with Crippen molar-refractivity contribution in [3.05, 3.63) is 103 Å². The van der Waals surface area contributed by atoms with Gasteiger partial charge in [0.15, 0.2) is 5.82 Å². The van der Waals surface area contributed by atoms with Gasteiger partial charge < -0.3 is 10.1 Å². The van der Waals surface area contributed by atoms with Crippen LogP contribution >= 0.6 is 0 Å². The molecule has 3 aromatic carbocycles. The van der Waals surface area contributed by atoms with Gasteiger partial charge >= 0.3 is 0 Å². The van der Waals surface area contributed by atoms with Crippen molar-refractivity contribution in [1.29, 1.82) is 0 Å². The number of ether oxygens (including phenoxy) is 1. The molecule has 0 aliphatic rings. The number of nitrogens with zero attached hydrogens (tertiary/aromatic N) is 4. The van der Waals surface area contributed by atoms with Crippen LogP contribution in [-0.4, -0.2) is 25.9 Å². The standard InChI is InChI=1S/C25H19N5O2/c31-24(17-19-7-3-6-18-5-1-2-8-22(18)19)27-20-9-11-21(12-10-20)32-25-14-13-23(28-29-25)30-16-4-15-26-30/h1-16H,17H2,(H,27,31). The molecule has 7 heteroatoms. The number of hydrogen-bond acceptors (Lipinski definition) is 5. The zero-order chi connectivity index (χ0) is 21.8. The van der Waals surface area contributed by atoms with Gasteiger partial charge in [0.05, 0.1) is 6.42 Å². The number of amides is 1. The number of rotatable bonds is 6. The van der Waals surface area contributed by atoms with E-state index in [1.54, 1.807) is 53.5 Å². The molecule has 32 heavy (non-hydrogen) atoms. The molecule has 0 fully saturated rings. The third kappa shape index (κ3) is 4.32. The number of aromatic nitrogens is 4. The van der Waals surface area contributed by atoms with E-state index in [0.29, 0.717) is 29.6 Å². The summed E-state index contributed by atoms with van der Waals surface area (Å²) in [6.45, 7) is 0. The minimum Gasteiger partial charge on any atom is -0.438 e. The second-order valence-corrected chi connectivity index (χ2v) is 7.17. The van der Waals surface area contributed by atoms with Crippen molar-refractivity contribution in [3.8, 4) is 17.4 Å². The number of hydrogen-bond donors (Lipinski definition) is 1. The van der Waals surface area contributed by atoms with Crippen LogP contribution in [0.15, 0.2) is 97.3 Å². The Morgan fingerprint density at radius 1 is 0.875 bits per heavy atom. The SMILES string of the molecule is O=C(Cc1cccc2ccccc12)Nc1ccc(Oc2ccc(-n3cccn3)nn2)cc1. The maximum Gasteiger partial charge on any atom is 0.238 e. The lowest BCUT2D eigenvalue weighted by atomic mass is 10.0. The number of carbonyl (C=O) groups is 1. The Kier molecular flexibility index (Phi) is 5.28. The zero-order valence-electron chi connectivity index (χ0n) is 17.1. The summed E-state index contributed by atoms with van der Waals surface area (Å²) in [5.74, 6) is 1.49. The van der Waals surface area contributed by atoms with Gasteiger partial charge in [-0.05, 0) is 52.7 Å². The average Bonchev–Trinajstić information content (AvgIpc) is 3.36. The first-order chi connectivity index (χ1) is 15.7. The van der Waals surface area contributed by atoms with E-state index in [-0.39, 0.29) is 5.91 Å². The highest BCUT2D eigenvalue weighted by Crippen LogP contribution is 2.22. The molecule has 2 aromatic heterocycles. The molecular formula is C25H19N5O2. The maximum absolute atomic E-state index is 12.6. The first-order valence-corrected chi connectivity index (χ1v) is 10.1. The molecule has 156 valence electrons. The van der Waals surface area contributed by atoms with Crippen LogP contribution in [0.5, 0.6) is 11.6 Å². The normalized spacial score (nSPS) is 10.8. The highest BCUT2D eigenvalue weighted by molar-refractivity contribution is 5.96. The van der Waals surface area contributed by atoms with E-state index in [0.717, 1.165) is 16.3 Å². The summed E-state index contributed by atoms with van der Waals surface area (Å²) in [6, 6.07) is 26.5. The molecule has 0 bridgehead atoms. The van der Waals surface area contributed by atoms with Crippen molar-refractivity contribution in [2.75, 3.05) is 5.32 Å². The van der Waals surface area contributed by atoms with Crippen molar-refractivity contribution >= 4 is 22.4 Å². The van der Waals surface area contributed by atoms with E-state index in [9.17, 15) is 4.79 Å². The Labute approximate surface area is 184 Å². The van der Waals surface area contributed by atoms with Gasteiger partial charge in [-0.15, -0.1) is 10.2 Å². The van der Waals surface area contributed by atoms with Gasteiger partial charge in [0.25, 0.3) is 0 Å². The summed E-state index contributed by atoms with van der Waals surface area (Å²) in [5, 5.41) is 17.4. The quantitative estimate of drug-likeness (QED) is 0.426. The molecule has 0 aliphatic carbocycles. The van der Waals surface area contributed by atoms with E-state index in [1.807, 2.05) is 48.5 Å². The van der Waals surface area contributed by atoms with Gasteiger partial charge in [-0.25, -0.2) is 4.68 Å². The molecule has 1 amide bonds. The summed E-state index contributed by atoms with van der Waals surface area (Å²) >= 11 is 0. The Morgan fingerprint density at radius 2 is 1.72 bits per heavy atom. The number of carbonyl (C=O) groups excluding carboxylic acids is 1. The molecule has 0 radical (unpaired) electrons. The van der Waals surface area contributed by atoms with Crippen LogP contribution < -0.4 is 10.1 Å². The number of fused-ring (bicyclic) bond motifs is 1. The second kappa shape index (κ2) is 8.69. The van der Waals surface area contributed by atoms with Gasteiger partial charge in [-0.3, -0.25) is 4.79 Å². The van der Waals surface area contributed by atoms with Crippen molar-refractivity contribution < 1.29 is 9.53 Å². The Bertz CT molecular complexity index is 1340. The fourth-order valence-electron chi connectivity index (χ4n) is 3.45. The molecule has 0 atom stereocenters. The Balaban J connectivity index is 1.21. The van der Waals surface area contributed by atoms with E-state index in [2.05, 4.69) is 20.6 Å². The first-order valence-electron chi connectivity index (χ1n) is 10.1. The summed E-state index contributed by atoms with van der Waals surface area (Å²) < 4.78 is 7.36. The smallest absolute Gasteiger partial charge is 0.238 e. The molecule has 0 unspecified atom stereocenters. The van der Waals surface area contributed by atoms with Crippen LogP contribution in [0.1, 0.15) is 5.56 Å². The molecule has 5 rings (SSSR count). The average molecular weight is 421 g/mol. The van der Waals surface area contributed by atoms with E-state index in [4.69, 9.17) is 4.74 Å². The minimum atomic E-state index is -0.0740. The lowest BCUT2D eigenvalue weighted by Gasteiger charge is -2.09. The van der Waals surface area contributed by atoms with Crippen molar-refractivity contribution in [1.82, 2.24) is 20.0 Å². The molecule has 5 aromatic rings. The van der Waals surface area contributed by atoms with Crippen molar-refractivity contribution in [2.45, 2.75) is 6.42 Å². The number of benzene rings is 3. The summed E-state index contributed by atoms with van der Waals surface area (Å²) in [4.78, 5) is 12.6. The molecule has 2 heterocycles. The topological polar surface area (TPSA) is 81.9 Å². The molecule has 0 saturated heterocycles. The summed E-state index contributed by atoms with van der Waals surface area (Å²) in [6.07, 6.45) is 3.77. The van der Waals surface area contributed by atoms with Gasteiger partial charge in [0, 0.05) is 24.1 Å². The van der Waals surface area contributed by atoms with Crippen LogP contribution in [0.25, 0.3) is 16.6 Å². The maximum atomic E-state index is 12.6. The highest BCUT2D eigenvalue weighted by Gasteiger charge is 2.08. The predicted molar refractivity (Wildman–Crippen MR) is 122 cm³/mol. The Hall–Kier alpha value is -4.52. The number of nitrogens with one attached hydrogen (secondary N) is 1. The summed E-state index contributed by atoms with van der Waals surface area (Å²) in [5.41, 5.74) is 1.69. The fourth-order valence-corrected chi connectivity index (χ4v) is 3.45. The molecule has 7 nitrogen and oxygen atoms in total. The van der Waals surface area contributed by atoms with Gasteiger partial charge in [-0.1, -0.05) is 42.5 Å². The first kappa shape index (κ1) is 19.4. The van der Waals surface area contributed by atoms with Crippen LogP contribution in [0.2, 0.25) is 0 Å². The van der Waals surface area contributed by atoms with Gasteiger partial charge in [0.1, 0.15) is 5.75 Å². The van der Waals surface area contributed by atoms with E-state index in [1.165, 1.54) is 0 Å². The molecular weight excluding hydrogens is 402 g/mol. The van der Waals surface area contributed by atoms with E-state index >= 15 is 0 Å². The monoisotopic (exact) mass is 421 g/mol. The van der Waals surface area contributed by atoms with Crippen LogP contribution in [-0.2, 0) is 11.2 Å². The molecule has 0 spiro atoms. The van der Waals surface area contributed by atoms with E-state index < -0.39 is 0 Å². The lowest BCUT2D eigenvalue weighted by Crippen LogP contribution is -2.14. The second-order valence-electron chi connectivity index (χ2n) is 7.17. The predicted octanol–water partition coefficient (Wildman–Crippen LogP) is 4.79. The van der Waals surface area contributed by atoms with Crippen LogP contribution in [0.3, 0.4) is 0 Å². The molecule has 0 aliphatic heterocycles. The summed E-state index contributed by atoms with van der Waals surface area (Å²) in [7, 11) is 0. The minimum absolute atomic E-state index is 0.0740. The third-order valence-electron chi connectivity index (χ3n) is 4.96. The van der Waals surface area contributed by atoms with Crippen LogP contribution in [0.4, 0.5) is 5.69 Å².